The highest BCUT2D eigenvalue weighted by Gasteiger charge is 2.19. The van der Waals surface area contributed by atoms with Gasteiger partial charge in [-0.15, -0.1) is 0 Å². The lowest BCUT2D eigenvalue weighted by Gasteiger charge is -2.24. The average Bonchev–Trinajstić information content (AvgIpc) is 2.34. The Morgan fingerprint density at radius 2 is 1.84 bits per heavy atom. The van der Waals surface area contributed by atoms with Gasteiger partial charge >= 0.3 is 0 Å². The smallest absolute Gasteiger partial charge is 0.265 e. The summed E-state index contributed by atoms with van der Waals surface area (Å²) in [5.41, 5.74) is 6.47. The van der Waals surface area contributed by atoms with Gasteiger partial charge in [-0.2, -0.15) is 0 Å². The summed E-state index contributed by atoms with van der Waals surface area (Å²) in [5, 5.41) is 0. The maximum atomic E-state index is 11.7. The van der Waals surface area contributed by atoms with Crippen molar-refractivity contribution in [3.63, 3.8) is 0 Å². The summed E-state index contributed by atoms with van der Waals surface area (Å²) < 4.78 is 0. The predicted octanol–water partition coefficient (Wildman–Crippen LogP) is 2.02. The lowest BCUT2D eigenvalue weighted by molar-refractivity contribution is -0.130. The van der Waals surface area contributed by atoms with Crippen LogP contribution < -0.4 is 5.73 Å². The van der Waals surface area contributed by atoms with E-state index in [-0.39, 0.29) is 17.5 Å². The molecule has 2 N–H and O–H groups in total. The molecule has 0 unspecified atom stereocenters. The number of hydrogen-bond acceptors (Lipinski definition) is 2. The van der Waals surface area contributed by atoms with Gasteiger partial charge in [0.05, 0.1) is 0 Å². The molecule has 4 heteroatoms. The summed E-state index contributed by atoms with van der Waals surface area (Å²) in [7, 11) is 0. The Kier molecular flexibility index (Phi) is 5.30. The van der Waals surface area contributed by atoms with Crippen LogP contribution in [0.4, 0.5) is 0 Å². The highest BCUT2D eigenvalue weighted by atomic mass is 16.2. The first-order valence-electron chi connectivity index (χ1n) is 6.26. The van der Waals surface area contributed by atoms with Gasteiger partial charge in [0.1, 0.15) is 5.70 Å². The minimum Gasteiger partial charge on any atom is -0.364 e. The van der Waals surface area contributed by atoms with Crippen molar-refractivity contribution in [1.82, 2.24) is 4.90 Å². The molecule has 0 spiro atoms. The number of nitrogens with two attached hydrogens (primary N) is 1. The zero-order valence-corrected chi connectivity index (χ0v) is 11.6. The van der Waals surface area contributed by atoms with E-state index in [1.807, 2.05) is 44.2 Å². The minimum absolute atomic E-state index is 0.185. The van der Waals surface area contributed by atoms with Gasteiger partial charge in [-0.3, -0.25) is 9.59 Å². The van der Waals surface area contributed by atoms with Gasteiger partial charge in [0.2, 0.25) is 5.91 Å². The molecule has 0 aliphatic rings. The van der Waals surface area contributed by atoms with Crippen molar-refractivity contribution in [2.24, 2.45) is 11.7 Å². The Labute approximate surface area is 113 Å². The van der Waals surface area contributed by atoms with Crippen LogP contribution in [-0.4, -0.2) is 23.3 Å². The van der Waals surface area contributed by atoms with Crippen LogP contribution in [0.2, 0.25) is 0 Å². The van der Waals surface area contributed by atoms with Gasteiger partial charge < -0.3 is 10.6 Å². The van der Waals surface area contributed by atoms with E-state index in [0.717, 1.165) is 5.56 Å². The molecule has 0 saturated heterocycles. The fraction of sp³-hybridized carbons (Fsp3) is 0.333. The number of nitrogens with zero attached hydrogens (tertiary/aromatic N) is 1. The van der Waals surface area contributed by atoms with E-state index in [1.54, 1.807) is 6.08 Å². The summed E-state index contributed by atoms with van der Waals surface area (Å²) in [4.78, 5) is 24.7. The molecule has 0 radical (unpaired) electrons. The van der Waals surface area contributed by atoms with Crippen LogP contribution in [0.3, 0.4) is 0 Å². The number of amides is 2. The standard InChI is InChI=1S/C15H20N2O2/c1-11(2)10-17(12(3)18)14(15(16)19)9-13-7-5-4-6-8-13/h4-9,11H,10H2,1-3H3,(H2,16,19)/b14-9+. The van der Waals surface area contributed by atoms with E-state index in [4.69, 9.17) is 5.73 Å². The zero-order valence-electron chi connectivity index (χ0n) is 11.6. The summed E-state index contributed by atoms with van der Waals surface area (Å²) in [6, 6.07) is 9.33. The molecule has 0 saturated carbocycles. The number of carbonyl (C=O) groups excluding carboxylic acids is 2. The van der Waals surface area contributed by atoms with Crippen LogP contribution in [0.5, 0.6) is 0 Å². The molecule has 0 aliphatic heterocycles. The van der Waals surface area contributed by atoms with Crippen LogP contribution in [-0.2, 0) is 9.59 Å². The topological polar surface area (TPSA) is 63.4 Å². The molecule has 0 bridgehead atoms. The van der Waals surface area contributed by atoms with Gasteiger partial charge in [-0.05, 0) is 17.6 Å². The molecule has 102 valence electrons. The van der Waals surface area contributed by atoms with Gasteiger partial charge in [-0.25, -0.2) is 0 Å². The Bertz CT molecular complexity index is 478. The molecule has 1 aromatic carbocycles. The van der Waals surface area contributed by atoms with Gasteiger partial charge in [0, 0.05) is 13.5 Å². The maximum absolute atomic E-state index is 11.7. The monoisotopic (exact) mass is 260 g/mol. The van der Waals surface area contributed by atoms with Crippen molar-refractivity contribution < 1.29 is 9.59 Å². The highest BCUT2D eigenvalue weighted by molar-refractivity contribution is 5.99. The van der Waals surface area contributed by atoms with Crippen molar-refractivity contribution >= 4 is 17.9 Å². The van der Waals surface area contributed by atoms with Crippen LogP contribution in [0, 0.1) is 5.92 Å². The molecule has 4 nitrogen and oxygen atoms in total. The zero-order chi connectivity index (χ0) is 14.4. The first kappa shape index (κ1) is 15.0. The molecule has 0 aliphatic carbocycles. The van der Waals surface area contributed by atoms with E-state index in [2.05, 4.69) is 0 Å². The van der Waals surface area contributed by atoms with E-state index in [1.165, 1.54) is 11.8 Å². The van der Waals surface area contributed by atoms with Gasteiger partial charge in [0.25, 0.3) is 5.91 Å². The minimum atomic E-state index is -0.597. The molecular formula is C15H20N2O2. The Balaban J connectivity index is 3.14. The number of rotatable bonds is 5. The Hall–Kier alpha value is -2.10. The van der Waals surface area contributed by atoms with E-state index in [0.29, 0.717) is 6.54 Å². The van der Waals surface area contributed by atoms with Crippen molar-refractivity contribution in [3.05, 3.63) is 41.6 Å². The third kappa shape index (κ3) is 4.58. The van der Waals surface area contributed by atoms with Gasteiger partial charge in [-0.1, -0.05) is 44.2 Å². The second kappa shape index (κ2) is 6.73. The third-order valence-electron chi connectivity index (χ3n) is 2.57. The van der Waals surface area contributed by atoms with Crippen molar-refractivity contribution in [2.75, 3.05) is 6.54 Å². The average molecular weight is 260 g/mol. The first-order valence-corrected chi connectivity index (χ1v) is 6.26. The van der Waals surface area contributed by atoms with Crippen LogP contribution >= 0.6 is 0 Å². The molecule has 2 amide bonds. The first-order chi connectivity index (χ1) is 8.91. The summed E-state index contributed by atoms with van der Waals surface area (Å²) in [5.74, 6) is -0.531. The Morgan fingerprint density at radius 1 is 1.26 bits per heavy atom. The molecular weight excluding hydrogens is 240 g/mol. The number of hydrogen-bond donors (Lipinski definition) is 1. The molecule has 19 heavy (non-hydrogen) atoms. The summed E-state index contributed by atoms with van der Waals surface area (Å²) in [6.07, 6.45) is 1.64. The van der Waals surface area contributed by atoms with Crippen LogP contribution in [0.1, 0.15) is 26.3 Å². The molecule has 0 aromatic heterocycles. The molecule has 1 rings (SSSR count). The third-order valence-corrected chi connectivity index (χ3v) is 2.57. The Morgan fingerprint density at radius 3 is 2.26 bits per heavy atom. The highest BCUT2D eigenvalue weighted by Crippen LogP contribution is 2.13. The fourth-order valence-corrected chi connectivity index (χ4v) is 1.75. The van der Waals surface area contributed by atoms with Crippen LogP contribution in [0.15, 0.2) is 36.0 Å². The summed E-state index contributed by atoms with van der Waals surface area (Å²) >= 11 is 0. The lowest BCUT2D eigenvalue weighted by Crippen LogP contribution is -2.37. The largest absolute Gasteiger partial charge is 0.364 e. The van der Waals surface area contributed by atoms with Crippen molar-refractivity contribution in [3.8, 4) is 0 Å². The van der Waals surface area contributed by atoms with E-state index < -0.39 is 5.91 Å². The molecule has 0 fully saturated rings. The van der Waals surface area contributed by atoms with Crippen molar-refractivity contribution in [2.45, 2.75) is 20.8 Å². The lowest BCUT2D eigenvalue weighted by atomic mass is 10.1. The molecule has 0 atom stereocenters. The second-order valence-corrected chi connectivity index (χ2v) is 4.83. The summed E-state index contributed by atoms with van der Waals surface area (Å²) in [6.45, 7) is 5.87. The number of carbonyl (C=O) groups is 2. The maximum Gasteiger partial charge on any atom is 0.265 e. The van der Waals surface area contributed by atoms with Crippen LogP contribution in [0.25, 0.3) is 6.08 Å². The quantitative estimate of drug-likeness (QED) is 0.823. The normalized spacial score (nSPS) is 11.5. The van der Waals surface area contributed by atoms with E-state index >= 15 is 0 Å². The fourth-order valence-electron chi connectivity index (χ4n) is 1.75. The molecule has 1 aromatic rings. The molecule has 0 heterocycles. The predicted molar refractivity (Wildman–Crippen MR) is 75.8 cm³/mol. The SMILES string of the molecule is CC(=O)N(CC(C)C)/C(=C/c1ccccc1)C(N)=O. The van der Waals surface area contributed by atoms with E-state index in [9.17, 15) is 9.59 Å². The van der Waals surface area contributed by atoms with Gasteiger partial charge in [0.15, 0.2) is 0 Å². The number of primary amides is 1. The van der Waals surface area contributed by atoms with Crippen molar-refractivity contribution in [1.29, 1.82) is 0 Å². The second-order valence-electron chi connectivity index (χ2n) is 4.83. The number of benzene rings is 1.